The number of nitrogens with zero attached hydrogens (tertiary/aromatic N) is 3. The third-order valence-corrected chi connectivity index (χ3v) is 4.47. The van der Waals surface area contributed by atoms with E-state index in [-0.39, 0.29) is 5.91 Å². The molecule has 3 rings (SSSR count). The maximum atomic E-state index is 11.0. The molecular weight excluding hydrogens is 411 g/mol. The number of halogens is 2. The van der Waals surface area contributed by atoms with E-state index in [4.69, 9.17) is 23.2 Å². The summed E-state index contributed by atoms with van der Waals surface area (Å²) in [4.78, 5) is 24.0. The normalized spacial score (nSPS) is 10.4. The molecule has 0 atom stereocenters. The molecule has 29 heavy (non-hydrogen) atoms. The summed E-state index contributed by atoms with van der Waals surface area (Å²) >= 11 is 12.3. The number of amides is 1. The van der Waals surface area contributed by atoms with E-state index in [9.17, 15) is 4.79 Å². The second-order valence-electron chi connectivity index (χ2n) is 6.19. The van der Waals surface area contributed by atoms with Gasteiger partial charge in [0.1, 0.15) is 0 Å². The van der Waals surface area contributed by atoms with Crippen molar-refractivity contribution in [2.24, 2.45) is 0 Å². The van der Waals surface area contributed by atoms with Gasteiger partial charge in [-0.15, -0.1) is 0 Å². The third-order valence-electron chi connectivity index (χ3n) is 3.95. The maximum absolute atomic E-state index is 11.0. The van der Waals surface area contributed by atoms with Gasteiger partial charge in [0.05, 0.1) is 11.4 Å². The van der Waals surface area contributed by atoms with Gasteiger partial charge in [-0.05, 0) is 36.8 Å². The Bertz CT molecular complexity index is 998. The van der Waals surface area contributed by atoms with Gasteiger partial charge < -0.3 is 16.0 Å². The molecule has 1 aromatic carbocycles. The predicted octanol–water partition coefficient (Wildman–Crippen LogP) is 4.53. The molecule has 1 amide bonds. The fraction of sp³-hybridized carbons (Fsp3) is 0.200. The van der Waals surface area contributed by atoms with E-state index in [2.05, 4.69) is 30.9 Å². The van der Waals surface area contributed by atoms with E-state index in [0.717, 1.165) is 17.7 Å². The van der Waals surface area contributed by atoms with E-state index in [1.54, 1.807) is 30.6 Å². The van der Waals surface area contributed by atoms with Crippen LogP contribution in [0, 0.1) is 0 Å². The van der Waals surface area contributed by atoms with Gasteiger partial charge in [-0.1, -0.05) is 29.3 Å². The first-order chi connectivity index (χ1) is 14.0. The van der Waals surface area contributed by atoms with Crippen LogP contribution < -0.4 is 16.0 Å². The maximum Gasteiger partial charge on any atom is 0.227 e. The van der Waals surface area contributed by atoms with Gasteiger partial charge in [-0.2, -0.15) is 0 Å². The van der Waals surface area contributed by atoms with Crippen molar-refractivity contribution < 1.29 is 4.79 Å². The lowest BCUT2D eigenvalue weighted by molar-refractivity contribution is -0.118. The van der Waals surface area contributed by atoms with Crippen molar-refractivity contribution in [3.05, 3.63) is 59.0 Å². The predicted molar refractivity (Wildman–Crippen MR) is 117 cm³/mol. The number of anilines is 3. The molecule has 0 aliphatic carbocycles. The third kappa shape index (κ3) is 6.04. The number of carbonyl (C=O) groups is 1. The Morgan fingerprint density at radius 1 is 1.07 bits per heavy atom. The Hall–Kier alpha value is -2.90. The molecule has 0 saturated carbocycles. The Morgan fingerprint density at radius 2 is 1.90 bits per heavy atom. The van der Waals surface area contributed by atoms with Crippen molar-refractivity contribution >= 4 is 46.4 Å². The van der Waals surface area contributed by atoms with Crippen LogP contribution >= 0.6 is 23.2 Å². The summed E-state index contributed by atoms with van der Waals surface area (Å²) in [5.74, 6) is 0.389. The summed E-state index contributed by atoms with van der Waals surface area (Å²) in [6.45, 7) is 2.70. The number of hydrogen-bond donors (Lipinski definition) is 3. The van der Waals surface area contributed by atoms with E-state index in [0.29, 0.717) is 40.6 Å². The van der Waals surface area contributed by atoms with Crippen LogP contribution in [0.15, 0.2) is 48.8 Å². The van der Waals surface area contributed by atoms with Crippen LogP contribution in [0.5, 0.6) is 0 Å². The van der Waals surface area contributed by atoms with Crippen LogP contribution in [0.25, 0.3) is 11.3 Å². The molecule has 0 aliphatic rings. The summed E-state index contributed by atoms with van der Waals surface area (Å²) in [5, 5.41) is 10.2. The van der Waals surface area contributed by atoms with Crippen LogP contribution in [0.2, 0.25) is 10.2 Å². The van der Waals surface area contributed by atoms with Crippen LogP contribution in [0.4, 0.5) is 17.3 Å². The van der Waals surface area contributed by atoms with Crippen molar-refractivity contribution in [1.29, 1.82) is 0 Å². The van der Waals surface area contributed by atoms with E-state index >= 15 is 0 Å². The highest BCUT2D eigenvalue weighted by Gasteiger charge is 2.12. The largest absolute Gasteiger partial charge is 0.382 e. The molecule has 0 aliphatic heterocycles. The van der Waals surface area contributed by atoms with Gasteiger partial charge in [0.15, 0.2) is 5.15 Å². The number of rotatable bonds is 8. The molecule has 7 nitrogen and oxygen atoms in total. The minimum absolute atomic E-state index is 0.0502. The molecular formula is C20H20Cl2N6O. The summed E-state index contributed by atoms with van der Waals surface area (Å²) in [7, 11) is 0. The highest BCUT2D eigenvalue weighted by atomic mass is 35.5. The lowest BCUT2D eigenvalue weighted by atomic mass is 10.1. The van der Waals surface area contributed by atoms with E-state index in [1.165, 1.54) is 6.92 Å². The fourth-order valence-corrected chi connectivity index (χ4v) is 3.06. The summed E-state index contributed by atoms with van der Waals surface area (Å²) in [6, 6.07) is 11.0. The zero-order chi connectivity index (χ0) is 20.6. The van der Waals surface area contributed by atoms with Crippen molar-refractivity contribution in [2.45, 2.75) is 13.3 Å². The molecule has 0 fully saturated rings. The first kappa shape index (κ1) is 20.8. The van der Waals surface area contributed by atoms with Gasteiger partial charge in [0, 0.05) is 48.7 Å². The topological polar surface area (TPSA) is 91.8 Å². The average molecular weight is 431 g/mol. The first-order valence-electron chi connectivity index (χ1n) is 9.02. The van der Waals surface area contributed by atoms with Crippen molar-refractivity contribution in [2.75, 3.05) is 23.7 Å². The highest BCUT2D eigenvalue weighted by molar-refractivity contribution is 6.32. The average Bonchev–Trinajstić information content (AvgIpc) is 2.69. The fourth-order valence-electron chi connectivity index (χ4n) is 2.65. The molecule has 0 unspecified atom stereocenters. The smallest absolute Gasteiger partial charge is 0.227 e. The van der Waals surface area contributed by atoms with Crippen molar-refractivity contribution in [3.8, 4) is 11.3 Å². The molecule has 3 aromatic rings. The number of benzene rings is 1. The summed E-state index contributed by atoms with van der Waals surface area (Å²) in [6.07, 6.45) is 4.05. The van der Waals surface area contributed by atoms with Gasteiger partial charge in [-0.3, -0.25) is 4.79 Å². The van der Waals surface area contributed by atoms with Crippen molar-refractivity contribution in [1.82, 2.24) is 20.3 Å². The number of pyridine rings is 1. The minimum atomic E-state index is -0.0502. The van der Waals surface area contributed by atoms with Gasteiger partial charge >= 0.3 is 0 Å². The van der Waals surface area contributed by atoms with E-state index in [1.807, 2.05) is 18.2 Å². The van der Waals surface area contributed by atoms with E-state index < -0.39 is 0 Å². The standard InChI is InChI=1S/C20H20Cl2N6O/c1-13(29)23-8-3-9-24-18-16(6-10-25-19(18)22)17-7-11-26-20(28-17)27-15-5-2-4-14(21)12-15/h2,4-7,10-12,24H,3,8-9H2,1H3,(H,23,29)(H,26,27,28). The molecule has 2 heterocycles. The zero-order valence-corrected chi connectivity index (χ0v) is 17.3. The van der Waals surface area contributed by atoms with Crippen LogP contribution in [0.3, 0.4) is 0 Å². The second kappa shape index (κ2) is 10.0. The van der Waals surface area contributed by atoms with Crippen LogP contribution in [-0.4, -0.2) is 33.9 Å². The Balaban J connectivity index is 1.77. The molecule has 0 bridgehead atoms. The highest BCUT2D eigenvalue weighted by Crippen LogP contribution is 2.32. The number of nitrogens with one attached hydrogen (secondary N) is 3. The Morgan fingerprint density at radius 3 is 2.69 bits per heavy atom. The van der Waals surface area contributed by atoms with Crippen LogP contribution in [0.1, 0.15) is 13.3 Å². The lowest BCUT2D eigenvalue weighted by Gasteiger charge is -2.14. The molecule has 0 saturated heterocycles. The molecule has 3 N–H and O–H groups in total. The Kier molecular flexibility index (Phi) is 7.21. The summed E-state index contributed by atoms with van der Waals surface area (Å²) in [5.41, 5.74) is 2.97. The van der Waals surface area contributed by atoms with Gasteiger partial charge in [0.2, 0.25) is 11.9 Å². The first-order valence-corrected chi connectivity index (χ1v) is 9.77. The molecule has 150 valence electrons. The SMILES string of the molecule is CC(=O)NCCCNc1c(-c2ccnc(Nc3cccc(Cl)c3)n2)ccnc1Cl. The molecule has 0 radical (unpaired) electrons. The molecule has 0 spiro atoms. The molecule has 9 heteroatoms. The second-order valence-corrected chi connectivity index (χ2v) is 6.98. The number of aromatic nitrogens is 3. The minimum Gasteiger partial charge on any atom is -0.382 e. The van der Waals surface area contributed by atoms with Gasteiger partial charge in [0.25, 0.3) is 0 Å². The number of hydrogen-bond acceptors (Lipinski definition) is 6. The summed E-state index contributed by atoms with van der Waals surface area (Å²) < 4.78 is 0. The quantitative estimate of drug-likeness (QED) is 0.359. The van der Waals surface area contributed by atoms with Crippen molar-refractivity contribution in [3.63, 3.8) is 0 Å². The molecule has 2 aromatic heterocycles. The lowest BCUT2D eigenvalue weighted by Crippen LogP contribution is -2.22. The zero-order valence-electron chi connectivity index (χ0n) is 15.7. The Labute approximate surface area is 178 Å². The number of carbonyl (C=O) groups excluding carboxylic acids is 1. The van der Waals surface area contributed by atoms with Crippen LogP contribution in [-0.2, 0) is 4.79 Å². The monoisotopic (exact) mass is 430 g/mol. The van der Waals surface area contributed by atoms with Gasteiger partial charge in [-0.25, -0.2) is 15.0 Å².